The lowest BCUT2D eigenvalue weighted by atomic mass is 10.2. The van der Waals surface area contributed by atoms with Crippen LogP contribution in [0.5, 0.6) is 0 Å². The summed E-state index contributed by atoms with van der Waals surface area (Å²) in [6, 6.07) is 11.7. The number of ether oxygens (including phenoxy) is 1. The molecule has 1 amide bonds. The summed E-state index contributed by atoms with van der Waals surface area (Å²) in [6.07, 6.45) is 5.53. The zero-order valence-electron chi connectivity index (χ0n) is 17.3. The highest BCUT2D eigenvalue weighted by molar-refractivity contribution is 7.98. The van der Waals surface area contributed by atoms with Gasteiger partial charge in [0, 0.05) is 41.4 Å². The Labute approximate surface area is 183 Å². The van der Waals surface area contributed by atoms with Gasteiger partial charge in [-0.2, -0.15) is 5.10 Å². The van der Waals surface area contributed by atoms with Crippen molar-refractivity contribution in [2.45, 2.75) is 18.4 Å². The van der Waals surface area contributed by atoms with Crippen molar-refractivity contribution in [2.24, 2.45) is 0 Å². The number of amides is 1. The molecule has 3 aromatic heterocycles. The highest BCUT2D eigenvalue weighted by Gasteiger charge is 2.20. The third-order valence-electron chi connectivity index (χ3n) is 4.84. The Balaban J connectivity index is 1.69. The Morgan fingerprint density at radius 3 is 2.65 bits per heavy atom. The van der Waals surface area contributed by atoms with Crippen molar-refractivity contribution >= 4 is 34.7 Å². The number of aromatic nitrogens is 4. The molecule has 9 heteroatoms. The zero-order chi connectivity index (χ0) is 22.0. The van der Waals surface area contributed by atoms with Crippen LogP contribution in [-0.2, 0) is 11.3 Å². The summed E-state index contributed by atoms with van der Waals surface area (Å²) in [4.78, 5) is 29.7. The van der Waals surface area contributed by atoms with Crippen LogP contribution in [0.1, 0.15) is 32.1 Å². The molecule has 0 spiro atoms. The van der Waals surface area contributed by atoms with Crippen LogP contribution in [-0.4, -0.2) is 44.8 Å². The number of pyridine rings is 1. The van der Waals surface area contributed by atoms with E-state index in [1.807, 2.05) is 12.3 Å². The molecular formula is C22H21N5O3S. The Kier molecular flexibility index (Phi) is 5.77. The minimum absolute atomic E-state index is 0.149. The largest absolute Gasteiger partial charge is 0.464 e. The van der Waals surface area contributed by atoms with Gasteiger partial charge in [-0.3, -0.25) is 18.4 Å². The average molecular weight is 436 g/mol. The fourth-order valence-electron chi connectivity index (χ4n) is 3.22. The summed E-state index contributed by atoms with van der Waals surface area (Å²) in [7, 11) is 2.81. The van der Waals surface area contributed by atoms with E-state index in [-0.39, 0.29) is 23.8 Å². The molecule has 1 aromatic carbocycles. The van der Waals surface area contributed by atoms with E-state index < -0.39 is 5.97 Å². The SMILES string of the molecule is CNC(=O)c1cc(C(=O)OC)n(Cc2cncc3c2ccn3Sc2ccc(C)cc2)n1. The van der Waals surface area contributed by atoms with Gasteiger partial charge >= 0.3 is 5.97 Å². The topological polar surface area (TPSA) is 91.0 Å². The number of esters is 1. The Morgan fingerprint density at radius 1 is 1.16 bits per heavy atom. The zero-order valence-corrected chi connectivity index (χ0v) is 18.1. The van der Waals surface area contributed by atoms with E-state index in [2.05, 4.69) is 50.6 Å². The van der Waals surface area contributed by atoms with Gasteiger partial charge in [0.05, 0.1) is 25.4 Å². The summed E-state index contributed by atoms with van der Waals surface area (Å²) in [5, 5.41) is 7.80. The van der Waals surface area contributed by atoms with Crippen LogP contribution in [0.3, 0.4) is 0 Å². The van der Waals surface area contributed by atoms with Gasteiger partial charge < -0.3 is 10.1 Å². The number of nitrogens with zero attached hydrogens (tertiary/aromatic N) is 4. The third kappa shape index (κ3) is 4.17. The van der Waals surface area contributed by atoms with Crippen molar-refractivity contribution in [2.75, 3.05) is 14.2 Å². The van der Waals surface area contributed by atoms with E-state index in [1.54, 1.807) is 24.3 Å². The second-order valence-electron chi connectivity index (χ2n) is 6.92. The van der Waals surface area contributed by atoms with Gasteiger partial charge in [0.2, 0.25) is 0 Å². The van der Waals surface area contributed by atoms with Crippen LogP contribution in [0.2, 0.25) is 0 Å². The number of benzene rings is 1. The minimum Gasteiger partial charge on any atom is -0.464 e. The molecule has 4 aromatic rings. The van der Waals surface area contributed by atoms with Crippen LogP contribution in [0.4, 0.5) is 0 Å². The molecule has 0 aliphatic carbocycles. The van der Waals surface area contributed by atoms with Crippen molar-refractivity contribution in [1.29, 1.82) is 0 Å². The monoisotopic (exact) mass is 435 g/mol. The highest BCUT2D eigenvalue weighted by Crippen LogP contribution is 2.28. The van der Waals surface area contributed by atoms with E-state index in [1.165, 1.54) is 30.5 Å². The summed E-state index contributed by atoms with van der Waals surface area (Å²) in [6.45, 7) is 2.33. The van der Waals surface area contributed by atoms with Gasteiger partial charge in [-0.05, 0) is 37.1 Å². The molecule has 0 atom stereocenters. The van der Waals surface area contributed by atoms with Crippen LogP contribution in [0.15, 0.2) is 59.9 Å². The molecule has 31 heavy (non-hydrogen) atoms. The molecule has 0 saturated carbocycles. The standard InChI is InChI=1S/C22H21N5O3S/c1-14-4-6-16(7-5-14)31-27-9-8-17-15(11-24-12-20(17)27)13-26-19(22(29)30-3)10-18(25-26)21(28)23-2/h4-12H,13H2,1-3H3,(H,23,28). The van der Waals surface area contributed by atoms with Crippen molar-refractivity contribution in [3.05, 3.63) is 77.5 Å². The third-order valence-corrected chi connectivity index (χ3v) is 5.84. The first-order chi connectivity index (χ1) is 15.0. The molecule has 0 unspecified atom stereocenters. The first-order valence-electron chi connectivity index (χ1n) is 9.57. The van der Waals surface area contributed by atoms with E-state index >= 15 is 0 Å². The fraction of sp³-hybridized carbons (Fsp3) is 0.182. The quantitative estimate of drug-likeness (QED) is 0.468. The second kappa shape index (κ2) is 8.65. The number of fused-ring (bicyclic) bond motifs is 1. The molecule has 1 N–H and O–H groups in total. The molecule has 0 aliphatic rings. The lowest BCUT2D eigenvalue weighted by Crippen LogP contribution is -2.18. The lowest BCUT2D eigenvalue weighted by Gasteiger charge is -2.08. The van der Waals surface area contributed by atoms with E-state index in [9.17, 15) is 9.59 Å². The molecule has 0 aliphatic heterocycles. The molecule has 0 fully saturated rings. The van der Waals surface area contributed by atoms with Crippen molar-refractivity contribution in [1.82, 2.24) is 24.1 Å². The molecule has 0 bridgehead atoms. The van der Waals surface area contributed by atoms with Crippen LogP contribution in [0, 0.1) is 6.92 Å². The number of rotatable bonds is 6. The molecule has 158 valence electrons. The smallest absolute Gasteiger partial charge is 0.356 e. The van der Waals surface area contributed by atoms with Crippen LogP contribution < -0.4 is 5.32 Å². The summed E-state index contributed by atoms with van der Waals surface area (Å²) in [5.74, 6) is -0.934. The lowest BCUT2D eigenvalue weighted by molar-refractivity contribution is 0.0587. The maximum atomic E-state index is 12.2. The van der Waals surface area contributed by atoms with Crippen LogP contribution >= 0.6 is 11.9 Å². The number of hydrogen-bond donors (Lipinski definition) is 1. The Bertz CT molecular complexity index is 1260. The molecular weight excluding hydrogens is 414 g/mol. The van der Waals surface area contributed by atoms with Gasteiger partial charge in [0.1, 0.15) is 5.69 Å². The summed E-state index contributed by atoms with van der Waals surface area (Å²) < 4.78 is 8.38. The molecule has 3 heterocycles. The number of methoxy groups -OCH3 is 1. The molecule has 8 nitrogen and oxygen atoms in total. The van der Waals surface area contributed by atoms with Crippen molar-refractivity contribution in [3.8, 4) is 0 Å². The molecule has 0 radical (unpaired) electrons. The Morgan fingerprint density at radius 2 is 1.94 bits per heavy atom. The molecule has 0 saturated heterocycles. The fourth-order valence-corrected chi connectivity index (χ4v) is 4.07. The van der Waals surface area contributed by atoms with Crippen LogP contribution in [0.25, 0.3) is 10.9 Å². The van der Waals surface area contributed by atoms with Gasteiger partial charge in [-0.25, -0.2) is 4.79 Å². The summed E-state index contributed by atoms with van der Waals surface area (Å²) >= 11 is 1.60. The Hall–Kier alpha value is -3.59. The van der Waals surface area contributed by atoms with E-state index in [0.29, 0.717) is 0 Å². The normalized spacial score (nSPS) is 10.9. The van der Waals surface area contributed by atoms with Gasteiger partial charge in [0.25, 0.3) is 5.91 Å². The predicted octanol–water partition coefficient (Wildman–Crippen LogP) is 3.29. The number of hydrogen-bond acceptors (Lipinski definition) is 6. The van der Waals surface area contributed by atoms with Gasteiger partial charge in [-0.1, -0.05) is 17.7 Å². The number of carbonyl (C=O) groups excluding carboxylic acids is 2. The number of aryl methyl sites for hydroxylation is 1. The average Bonchev–Trinajstić information content (AvgIpc) is 3.39. The van der Waals surface area contributed by atoms with Gasteiger partial charge in [0.15, 0.2) is 5.69 Å². The molecule has 4 rings (SSSR count). The number of carbonyl (C=O) groups is 2. The predicted molar refractivity (Wildman–Crippen MR) is 118 cm³/mol. The first-order valence-corrected chi connectivity index (χ1v) is 10.3. The van der Waals surface area contributed by atoms with E-state index in [4.69, 9.17) is 4.74 Å². The van der Waals surface area contributed by atoms with Gasteiger partial charge in [-0.15, -0.1) is 0 Å². The number of nitrogens with one attached hydrogen (secondary N) is 1. The first kappa shape index (κ1) is 20.7. The highest BCUT2D eigenvalue weighted by atomic mass is 32.2. The van der Waals surface area contributed by atoms with Crippen molar-refractivity contribution in [3.63, 3.8) is 0 Å². The maximum Gasteiger partial charge on any atom is 0.356 e. The summed E-state index contributed by atoms with van der Waals surface area (Å²) in [5.41, 5.74) is 3.38. The van der Waals surface area contributed by atoms with Crippen molar-refractivity contribution < 1.29 is 14.3 Å². The van der Waals surface area contributed by atoms with E-state index in [0.717, 1.165) is 21.4 Å². The maximum absolute atomic E-state index is 12.2. The minimum atomic E-state index is -0.560. The second-order valence-corrected chi connectivity index (χ2v) is 7.97.